The molecule has 1 spiro atoms. The number of hydrogen-bond acceptors (Lipinski definition) is 9. The number of fused-ring (bicyclic) bond motifs is 2. The highest BCUT2D eigenvalue weighted by molar-refractivity contribution is 6.21. The fourth-order valence-corrected chi connectivity index (χ4v) is 5.22. The Kier molecular flexibility index (Phi) is 4.57. The van der Waals surface area contributed by atoms with Crippen LogP contribution in [0.5, 0.6) is 17.2 Å². The number of benzene rings is 1. The number of nitrogens with zero attached hydrogens (tertiary/aromatic N) is 2. The highest BCUT2D eigenvalue weighted by atomic mass is 16.7. The molecule has 4 aliphatic rings. The van der Waals surface area contributed by atoms with Crippen molar-refractivity contribution in [3.05, 3.63) is 17.2 Å². The summed E-state index contributed by atoms with van der Waals surface area (Å²) in [6.07, 6.45) is -0.362. The summed E-state index contributed by atoms with van der Waals surface area (Å²) in [4.78, 5) is 78.6. The minimum Gasteiger partial charge on any atom is -0.492 e. The van der Waals surface area contributed by atoms with Crippen LogP contribution in [0.1, 0.15) is 11.1 Å². The molecule has 1 aromatic rings. The number of carbonyl (C=O) groups is 6. The van der Waals surface area contributed by atoms with E-state index in [4.69, 9.17) is 14.2 Å². The molecule has 0 radical (unpaired) electrons. The number of carbonyl (C=O) groups excluding carboxylic acids is 6. The second-order valence-corrected chi connectivity index (χ2v) is 8.53. The van der Waals surface area contributed by atoms with Crippen molar-refractivity contribution >= 4 is 35.7 Å². The van der Waals surface area contributed by atoms with Crippen LogP contribution in [0.3, 0.4) is 0 Å². The summed E-state index contributed by atoms with van der Waals surface area (Å²) >= 11 is 0. The monoisotopic (exact) mass is 472 g/mol. The fourth-order valence-electron chi connectivity index (χ4n) is 5.22. The van der Waals surface area contributed by atoms with Gasteiger partial charge in [0.25, 0.3) is 0 Å². The summed E-state index contributed by atoms with van der Waals surface area (Å²) in [6.45, 7) is -0.0593. The molecule has 0 aromatic heterocycles. The number of nitrogens with one attached hydrogen (secondary N) is 2. The molecule has 3 heterocycles. The van der Waals surface area contributed by atoms with Gasteiger partial charge in [-0.3, -0.25) is 39.6 Å². The molecule has 3 aliphatic heterocycles. The lowest BCUT2D eigenvalue weighted by Crippen LogP contribution is -2.70. The van der Waals surface area contributed by atoms with Gasteiger partial charge >= 0.3 is 12.1 Å². The summed E-state index contributed by atoms with van der Waals surface area (Å²) in [6, 6.07) is -0.178. The molecule has 1 aliphatic carbocycles. The van der Waals surface area contributed by atoms with Crippen molar-refractivity contribution in [1.82, 2.24) is 20.4 Å². The molecule has 2 saturated heterocycles. The van der Waals surface area contributed by atoms with E-state index in [-0.39, 0.29) is 25.4 Å². The molecule has 2 fully saturated rings. The van der Waals surface area contributed by atoms with Crippen LogP contribution in [0.4, 0.5) is 9.59 Å². The van der Waals surface area contributed by atoms with Gasteiger partial charge in [-0.25, -0.2) is 9.59 Å². The van der Waals surface area contributed by atoms with Gasteiger partial charge in [0.2, 0.25) is 36.2 Å². The van der Waals surface area contributed by atoms with Gasteiger partial charge in [0.1, 0.15) is 11.3 Å². The summed E-state index contributed by atoms with van der Waals surface area (Å²) in [7, 11) is 3.79. The second-order valence-electron chi connectivity index (χ2n) is 8.53. The largest absolute Gasteiger partial charge is 0.492 e. The minimum absolute atomic E-state index is 0.0593. The number of methoxy groups -OCH3 is 1. The van der Waals surface area contributed by atoms with Gasteiger partial charge in [0.15, 0.2) is 11.5 Å². The second kappa shape index (κ2) is 7.17. The highest BCUT2D eigenvalue weighted by Crippen LogP contribution is 2.54. The van der Waals surface area contributed by atoms with Crippen LogP contribution >= 0.6 is 0 Å². The van der Waals surface area contributed by atoms with E-state index < -0.39 is 52.9 Å². The van der Waals surface area contributed by atoms with Crippen LogP contribution in [0.25, 0.3) is 0 Å². The predicted molar refractivity (Wildman–Crippen MR) is 109 cm³/mol. The van der Waals surface area contributed by atoms with Crippen molar-refractivity contribution < 1.29 is 43.0 Å². The molecular weight excluding hydrogens is 452 g/mol. The van der Waals surface area contributed by atoms with E-state index in [2.05, 4.69) is 10.6 Å². The van der Waals surface area contributed by atoms with Crippen molar-refractivity contribution in [3.8, 4) is 17.2 Å². The van der Waals surface area contributed by atoms with Crippen LogP contribution in [-0.2, 0) is 32.0 Å². The van der Waals surface area contributed by atoms with Gasteiger partial charge in [-0.05, 0) is 18.1 Å². The highest BCUT2D eigenvalue weighted by Gasteiger charge is 2.64. The lowest BCUT2D eigenvalue weighted by Gasteiger charge is -2.48. The van der Waals surface area contributed by atoms with E-state index in [1.54, 1.807) is 6.07 Å². The third-order valence-electron chi connectivity index (χ3n) is 6.98. The van der Waals surface area contributed by atoms with Gasteiger partial charge in [-0.15, -0.1) is 0 Å². The third-order valence-corrected chi connectivity index (χ3v) is 6.98. The maximum absolute atomic E-state index is 13.6. The predicted octanol–water partition coefficient (Wildman–Crippen LogP) is -0.842. The zero-order valence-electron chi connectivity index (χ0n) is 18.4. The summed E-state index contributed by atoms with van der Waals surface area (Å²) in [5, 5.41) is 4.27. The quantitative estimate of drug-likeness (QED) is 0.523. The van der Waals surface area contributed by atoms with E-state index in [1.807, 2.05) is 0 Å². The molecule has 34 heavy (non-hydrogen) atoms. The molecular formula is C21H20N4O9. The third kappa shape index (κ3) is 2.66. The lowest BCUT2D eigenvalue weighted by atomic mass is 9.57. The first kappa shape index (κ1) is 21.7. The van der Waals surface area contributed by atoms with Crippen LogP contribution in [0.2, 0.25) is 0 Å². The SMILES string of the molecule is COc1c2c(cc3c1OCO3)C[C@@H]([C@@H]1C(=O)NC(=O)N(C)C1=O)[C@@]1(C2)C(=O)NC(=O)N(C)C1=O. The number of rotatable bonds is 2. The Labute approximate surface area is 192 Å². The van der Waals surface area contributed by atoms with Gasteiger partial charge in [-0.1, -0.05) is 0 Å². The number of hydrogen-bond donors (Lipinski definition) is 2. The van der Waals surface area contributed by atoms with E-state index in [0.717, 1.165) is 9.80 Å². The van der Waals surface area contributed by atoms with E-state index in [1.165, 1.54) is 21.2 Å². The molecule has 3 atom stereocenters. The zero-order chi connectivity index (χ0) is 24.5. The maximum Gasteiger partial charge on any atom is 0.330 e. The van der Waals surface area contributed by atoms with Gasteiger partial charge < -0.3 is 14.2 Å². The lowest BCUT2D eigenvalue weighted by molar-refractivity contribution is -0.161. The molecule has 5 rings (SSSR count). The van der Waals surface area contributed by atoms with Crippen molar-refractivity contribution in [2.45, 2.75) is 12.8 Å². The molecule has 13 nitrogen and oxygen atoms in total. The molecule has 1 aromatic carbocycles. The Bertz CT molecular complexity index is 1210. The average Bonchev–Trinajstić information content (AvgIpc) is 3.26. The summed E-state index contributed by atoms with van der Waals surface area (Å²) in [5.74, 6) is -5.38. The van der Waals surface area contributed by atoms with Crippen LogP contribution in [0, 0.1) is 17.3 Å². The topological polar surface area (TPSA) is 161 Å². The molecule has 8 amide bonds. The average molecular weight is 472 g/mol. The molecule has 0 bridgehead atoms. The minimum atomic E-state index is -2.00. The zero-order valence-corrected chi connectivity index (χ0v) is 18.4. The first-order valence-electron chi connectivity index (χ1n) is 10.4. The van der Waals surface area contributed by atoms with E-state index in [0.29, 0.717) is 22.6 Å². The van der Waals surface area contributed by atoms with Crippen molar-refractivity contribution in [2.24, 2.45) is 17.3 Å². The Morgan fingerprint density at radius 3 is 2.44 bits per heavy atom. The first-order chi connectivity index (χ1) is 16.1. The molecule has 0 unspecified atom stereocenters. The Morgan fingerprint density at radius 2 is 1.74 bits per heavy atom. The Balaban J connectivity index is 1.73. The maximum atomic E-state index is 13.6. The Morgan fingerprint density at radius 1 is 1.03 bits per heavy atom. The van der Waals surface area contributed by atoms with Crippen molar-refractivity contribution in [2.75, 3.05) is 28.0 Å². The number of amides is 8. The molecule has 2 N–H and O–H groups in total. The van der Waals surface area contributed by atoms with Crippen LogP contribution in [-0.4, -0.2) is 73.5 Å². The molecule has 0 saturated carbocycles. The van der Waals surface area contributed by atoms with Crippen molar-refractivity contribution in [3.63, 3.8) is 0 Å². The number of barbiturate groups is 2. The smallest absolute Gasteiger partial charge is 0.330 e. The standard InChI is InChI=1S/C21H20N4O9/c1-24-16(27)12(15(26)22-19(24)30)10-4-8-5-11-14(34-7-33-11)13(32-3)9(8)6-21(10)17(28)23-20(31)25(2)18(21)29/h5,10,12H,4,6-7H2,1-3H3,(H,22,26,30)(H,23,28,31)/t10-,12+,21-/m0/s1. The van der Waals surface area contributed by atoms with E-state index >= 15 is 0 Å². The summed E-state index contributed by atoms with van der Waals surface area (Å²) < 4.78 is 16.5. The number of ether oxygens (including phenoxy) is 3. The number of imide groups is 4. The normalized spacial score (nSPS) is 28.2. The molecule has 13 heteroatoms. The van der Waals surface area contributed by atoms with Crippen LogP contribution < -0.4 is 24.8 Å². The van der Waals surface area contributed by atoms with Gasteiger partial charge in [-0.2, -0.15) is 0 Å². The first-order valence-corrected chi connectivity index (χ1v) is 10.4. The van der Waals surface area contributed by atoms with E-state index in [9.17, 15) is 28.8 Å². The van der Waals surface area contributed by atoms with Gasteiger partial charge in [0.05, 0.1) is 7.11 Å². The fraction of sp³-hybridized carbons (Fsp3) is 0.429. The molecule has 178 valence electrons. The van der Waals surface area contributed by atoms with Gasteiger partial charge in [0, 0.05) is 32.0 Å². The van der Waals surface area contributed by atoms with Crippen LogP contribution in [0.15, 0.2) is 6.07 Å². The summed E-state index contributed by atoms with van der Waals surface area (Å²) in [5.41, 5.74) is -0.963. The number of urea groups is 2. The Hall–Kier alpha value is -4.16. The van der Waals surface area contributed by atoms with Crippen molar-refractivity contribution in [1.29, 1.82) is 0 Å².